The zero-order valence-electron chi connectivity index (χ0n) is 15.6. The summed E-state index contributed by atoms with van der Waals surface area (Å²) >= 11 is 11.8. The lowest BCUT2D eigenvalue weighted by molar-refractivity contribution is -0.0480. The van der Waals surface area contributed by atoms with E-state index in [9.17, 15) is 27.8 Å². The Balaban J connectivity index is 1.83. The van der Waals surface area contributed by atoms with Crippen LogP contribution in [0.3, 0.4) is 0 Å². The van der Waals surface area contributed by atoms with Crippen LogP contribution in [0, 0.1) is 5.82 Å². The Labute approximate surface area is 183 Å². The number of nitrogens with zero attached hydrogens (tertiary/aromatic N) is 1. The van der Waals surface area contributed by atoms with Gasteiger partial charge in [0.1, 0.15) is 5.82 Å². The molecule has 1 aliphatic rings. The molecule has 0 aromatic heterocycles. The number of nitrogens with one attached hydrogen (secondary N) is 1. The van der Waals surface area contributed by atoms with Gasteiger partial charge in [-0.2, -0.15) is 4.31 Å². The Bertz CT molecular complexity index is 1070. The number of rotatable bonds is 5. The molecule has 1 heterocycles. The molecule has 3 rings (SSSR count). The molecule has 1 aliphatic heterocycles. The van der Waals surface area contributed by atoms with Crippen molar-refractivity contribution in [2.24, 2.45) is 0 Å². The number of amides is 1. The van der Waals surface area contributed by atoms with E-state index in [1.165, 1.54) is 28.6 Å². The van der Waals surface area contributed by atoms with Crippen LogP contribution >= 0.6 is 23.2 Å². The Morgan fingerprint density at radius 2 is 1.80 bits per heavy atom. The molecule has 3 N–H and O–H groups in total. The summed E-state index contributed by atoms with van der Waals surface area (Å²) in [6.07, 6.45) is 0.185. The molecule has 0 spiro atoms. The van der Waals surface area contributed by atoms with Gasteiger partial charge in [-0.1, -0.05) is 23.2 Å². The van der Waals surface area contributed by atoms with E-state index in [4.69, 9.17) is 23.2 Å². The average molecular weight is 477 g/mol. The third kappa shape index (κ3) is 4.77. The molecule has 0 saturated carbocycles. The standard InChI is InChI=1S/C19H19Cl2FN2O5S/c20-15-3-2-13(30(28,29)24-7-5-19(27,11-25)6-8-24)10-14(15)18(26)23-12-1-4-17(22)16(21)9-12/h1-4,9-10,25,27H,5-8,11H2,(H,23,26). The summed E-state index contributed by atoms with van der Waals surface area (Å²) < 4.78 is 40.4. The Kier molecular flexibility index (Phi) is 6.71. The lowest BCUT2D eigenvalue weighted by Gasteiger charge is -2.36. The number of sulfonamides is 1. The summed E-state index contributed by atoms with van der Waals surface area (Å²) in [7, 11) is -3.95. The second kappa shape index (κ2) is 8.78. The Hall–Kier alpha value is -1.75. The first-order chi connectivity index (χ1) is 14.1. The van der Waals surface area contributed by atoms with Gasteiger partial charge in [-0.15, -0.1) is 0 Å². The number of aliphatic hydroxyl groups is 2. The number of benzene rings is 2. The number of carbonyl (C=O) groups is 1. The van der Waals surface area contributed by atoms with Crippen molar-refractivity contribution in [1.82, 2.24) is 4.31 Å². The number of piperidine rings is 1. The van der Waals surface area contributed by atoms with Crippen LogP contribution in [0.15, 0.2) is 41.3 Å². The highest BCUT2D eigenvalue weighted by molar-refractivity contribution is 7.89. The number of hydrogen-bond donors (Lipinski definition) is 3. The minimum absolute atomic E-state index is 0.0254. The number of aliphatic hydroxyl groups excluding tert-OH is 1. The van der Waals surface area contributed by atoms with Crippen LogP contribution in [0.4, 0.5) is 10.1 Å². The first kappa shape index (κ1) is 22.9. The van der Waals surface area contributed by atoms with E-state index in [1.54, 1.807) is 0 Å². The van der Waals surface area contributed by atoms with Crippen LogP contribution in [0.5, 0.6) is 0 Å². The van der Waals surface area contributed by atoms with Crippen molar-refractivity contribution in [3.05, 3.63) is 57.8 Å². The number of carbonyl (C=O) groups excluding carboxylic acids is 1. The molecule has 0 bridgehead atoms. The summed E-state index contributed by atoms with van der Waals surface area (Å²) in [6, 6.07) is 7.36. The zero-order valence-corrected chi connectivity index (χ0v) is 17.9. The highest BCUT2D eigenvalue weighted by Crippen LogP contribution is 2.29. The van der Waals surface area contributed by atoms with Crippen LogP contribution in [0.25, 0.3) is 0 Å². The van der Waals surface area contributed by atoms with E-state index in [-0.39, 0.29) is 52.1 Å². The van der Waals surface area contributed by atoms with Crippen LogP contribution in [0.1, 0.15) is 23.2 Å². The molecular formula is C19H19Cl2FN2O5S. The maximum Gasteiger partial charge on any atom is 0.257 e. The minimum atomic E-state index is -3.95. The van der Waals surface area contributed by atoms with Crippen molar-refractivity contribution < 1.29 is 27.8 Å². The summed E-state index contributed by atoms with van der Waals surface area (Å²) in [5.41, 5.74) is -1.16. The van der Waals surface area contributed by atoms with Crippen LogP contribution in [0.2, 0.25) is 10.0 Å². The molecule has 0 radical (unpaired) electrons. The van der Waals surface area contributed by atoms with Crippen molar-refractivity contribution >= 4 is 44.8 Å². The largest absolute Gasteiger partial charge is 0.393 e. The average Bonchev–Trinajstić information content (AvgIpc) is 2.71. The SMILES string of the molecule is O=C(Nc1ccc(F)c(Cl)c1)c1cc(S(=O)(=O)N2CCC(O)(CO)CC2)ccc1Cl. The first-order valence-corrected chi connectivity index (χ1v) is 11.1. The van der Waals surface area contributed by atoms with Gasteiger partial charge in [-0.25, -0.2) is 12.8 Å². The number of anilines is 1. The van der Waals surface area contributed by atoms with Crippen molar-refractivity contribution in [2.75, 3.05) is 25.0 Å². The third-order valence-corrected chi connectivity index (χ3v) is 7.46. The normalized spacial score (nSPS) is 17.0. The lowest BCUT2D eigenvalue weighted by Crippen LogP contribution is -2.48. The second-order valence-corrected chi connectivity index (χ2v) is 9.76. The van der Waals surface area contributed by atoms with Crippen molar-refractivity contribution in [3.8, 4) is 0 Å². The molecule has 0 unspecified atom stereocenters. The molecule has 30 heavy (non-hydrogen) atoms. The third-order valence-electron chi connectivity index (χ3n) is 4.95. The van der Waals surface area contributed by atoms with Gasteiger partial charge >= 0.3 is 0 Å². The van der Waals surface area contributed by atoms with Gasteiger partial charge in [0, 0.05) is 18.8 Å². The van der Waals surface area contributed by atoms with Gasteiger partial charge in [-0.3, -0.25) is 4.79 Å². The Morgan fingerprint density at radius 1 is 1.13 bits per heavy atom. The van der Waals surface area contributed by atoms with Gasteiger partial charge in [0.15, 0.2) is 0 Å². The van der Waals surface area contributed by atoms with Crippen molar-refractivity contribution in [1.29, 1.82) is 0 Å². The summed E-state index contributed by atoms with van der Waals surface area (Å²) in [5, 5.41) is 21.7. The molecule has 2 aromatic rings. The van der Waals surface area contributed by atoms with E-state index in [0.717, 1.165) is 12.1 Å². The molecule has 1 saturated heterocycles. The van der Waals surface area contributed by atoms with E-state index >= 15 is 0 Å². The van der Waals surface area contributed by atoms with Gasteiger partial charge in [0.2, 0.25) is 10.0 Å². The molecule has 162 valence electrons. The molecule has 7 nitrogen and oxygen atoms in total. The molecule has 1 fully saturated rings. The summed E-state index contributed by atoms with van der Waals surface area (Å²) in [6.45, 7) is -0.394. The smallest absolute Gasteiger partial charge is 0.257 e. The monoisotopic (exact) mass is 476 g/mol. The predicted molar refractivity (Wildman–Crippen MR) is 111 cm³/mol. The fourth-order valence-corrected chi connectivity index (χ4v) is 4.91. The van der Waals surface area contributed by atoms with Gasteiger partial charge in [0.25, 0.3) is 5.91 Å². The highest BCUT2D eigenvalue weighted by Gasteiger charge is 2.37. The molecule has 2 aromatic carbocycles. The topological polar surface area (TPSA) is 107 Å². The predicted octanol–water partition coefficient (Wildman–Crippen LogP) is 2.89. The van der Waals surface area contributed by atoms with Gasteiger partial charge in [-0.05, 0) is 49.2 Å². The van der Waals surface area contributed by atoms with E-state index in [2.05, 4.69) is 5.32 Å². The number of hydrogen-bond acceptors (Lipinski definition) is 5. The molecule has 1 amide bonds. The molecular weight excluding hydrogens is 458 g/mol. The fourth-order valence-electron chi connectivity index (χ4n) is 3.06. The highest BCUT2D eigenvalue weighted by atomic mass is 35.5. The molecule has 0 aliphatic carbocycles. The maximum absolute atomic E-state index is 13.3. The maximum atomic E-state index is 13.3. The van der Waals surface area contributed by atoms with E-state index < -0.39 is 34.0 Å². The van der Waals surface area contributed by atoms with Crippen LogP contribution in [-0.2, 0) is 10.0 Å². The van der Waals surface area contributed by atoms with Crippen molar-refractivity contribution in [2.45, 2.75) is 23.3 Å². The lowest BCUT2D eigenvalue weighted by atomic mass is 9.94. The molecule has 11 heteroatoms. The van der Waals surface area contributed by atoms with Crippen LogP contribution < -0.4 is 5.32 Å². The number of halogens is 3. The zero-order chi connectivity index (χ0) is 22.1. The quantitative estimate of drug-likeness (QED) is 0.614. The van der Waals surface area contributed by atoms with E-state index in [0.29, 0.717) is 0 Å². The molecule has 0 atom stereocenters. The summed E-state index contributed by atoms with van der Waals surface area (Å²) in [4.78, 5) is 12.5. The fraction of sp³-hybridized carbons (Fsp3) is 0.316. The van der Waals surface area contributed by atoms with Crippen LogP contribution in [-0.4, -0.2) is 54.1 Å². The van der Waals surface area contributed by atoms with Crippen molar-refractivity contribution in [3.63, 3.8) is 0 Å². The van der Waals surface area contributed by atoms with Gasteiger partial charge < -0.3 is 15.5 Å². The summed E-state index contributed by atoms with van der Waals surface area (Å²) in [5.74, 6) is -1.33. The van der Waals surface area contributed by atoms with E-state index in [1.807, 2.05) is 0 Å². The first-order valence-electron chi connectivity index (χ1n) is 8.95. The Morgan fingerprint density at radius 3 is 2.40 bits per heavy atom. The minimum Gasteiger partial charge on any atom is -0.393 e. The second-order valence-electron chi connectivity index (χ2n) is 7.01. The van der Waals surface area contributed by atoms with Gasteiger partial charge in [0.05, 0.1) is 32.7 Å².